The van der Waals surface area contributed by atoms with Crippen LogP contribution in [-0.2, 0) is 6.54 Å². The van der Waals surface area contributed by atoms with Crippen LogP contribution in [0.25, 0.3) is 0 Å². The van der Waals surface area contributed by atoms with Crippen molar-refractivity contribution in [3.05, 3.63) is 23.6 Å². The first kappa shape index (κ1) is 16.9. The third kappa shape index (κ3) is 5.08. The predicted octanol–water partition coefficient (Wildman–Crippen LogP) is 3.59. The van der Waals surface area contributed by atoms with Gasteiger partial charge in [0.1, 0.15) is 0 Å². The molecule has 1 N–H and O–H groups in total. The summed E-state index contributed by atoms with van der Waals surface area (Å²) in [6.07, 6.45) is 1.70. The molecule has 0 spiro atoms. The maximum atomic E-state index is 14.6. The Hall–Kier alpha value is -1.16. The van der Waals surface area contributed by atoms with E-state index in [1.54, 1.807) is 12.3 Å². The van der Waals surface area contributed by atoms with Crippen LogP contribution in [0.4, 0.5) is 10.2 Å². The Kier molecular flexibility index (Phi) is 5.93. The number of aromatic nitrogens is 1. The van der Waals surface area contributed by atoms with E-state index in [0.717, 1.165) is 13.1 Å². The minimum absolute atomic E-state index is 0.0295. The van der Waals surface area contributed by atoms with Gasteiger partial charge in [-0.15, -0.1) is 0 Å². The first-order valence-electron chi connectivity index (χ1n) is 7.38. The van der Waals surface area contributed by atoms with Gasteiger partial charge in [0.2, 0.25) is 0 Å². The average Bonchev–Trinajstić information content (AvgIpc) is 2.34. The largest absolute Gasteiger partial charge is 0.354 e. The first-order chi connectivity index (χ1) is 9.24. The van der Waals surface area contributed by atoms with Crippen LogP contribution in [0.1, 0.15) is 47.1 Å². The molecule has 0 aromatic carbocycles. The summed E-state index contributed by atoms with van der Waals surface area (Å²) in [6, 6.07) is 1.75. The molecule has 0 aliphatic heterocycles. The van der Waals surface area contributed by atoms with Crippen molar-refractivity contribution in [1.29, 1.82) is 0 Å². The minimum Gasteiger partial charge on any atom is -0.354 e. The maximum absolute atomic E-state index is 14.6. The molecule has 0 fully saturated rings. The lowest BCUT2D eigenvalue weighted by Gasteiger charge is -2.26. The molecule has 114 valence electrons. The summed E-state index contributed by atoms with van der Waals surface area (Å²) in [5.41, 5.74) is 0.644. The highest BCUT2D eigenvalue weighted by atomic mass is 19.1. The summed E-state index contributed by atoms with van der Waals surface area (Å²) in [4.78, 5) is 6.23. The standard InChI is InChI=1S/C16H28FN3/c1-7-20(11-12(2)3)15-14(17)13(8-9-18-15)10-19-16(4,5)6/h8-9,12,19H,7,10-11H2,1-6H3. The molecule has 3 nitrogen and oxygen atoms in total. The molecule has 1 heterocycles. The number of nitrogens with one attached hydrogen (secondary N) is 1. The topological polar surface area (TPSA) is 28.2 Å². The van der Waals surface area contributed by atoms with Crippen molar-refractivity contribution in [2.45, 2.75) is 53.6 Å². The Labute approximate surface area is 122 Å². The molecule has 20 heavy (non-hydrogen) atoms. The van der Waals surface area contributed by atoms with Crippen LogP contribution in [0, 0.1) is 11.7 Å². The van der Waals surface area contributed by atoms with Gasteiger partial charge in [0.25, 0.3) is 0 Å². The molecule has 0 amide bonds. The molecule has 0 atom stereocenters. The Morgan fingerprint density at radius 2 is 2.00 bits per heavy atom. The third-order valence-electron chi connectivity index (χ3n) is 3.03. The second-order valence-corrected chi connectivity index (χ2v) is 6.64. The van der Waals surface area contributed by atoms with Crippen molar-refractivity contribution in [3.8, 4) is 0 Å². The van der Waals surface area contributed by atoms with Gasteiger partial charge in [0.15, 0.2) is 11.6 Å². The van der Waals surface area contributed by atoms with E-state index in [1.165, 1.54) is 0 Å². The highest BCUT2D eigenvalue weighted by molar-refractivity contribution is 5.43. The van der Waals surface area contributed by atoms with Gasteiger partial charge in [-0.3, -0.25) is 0 Å². The van der Waals surface area contributed by atoms with Crippen LogP contribution >= 0.6 is 0 Å². The lowest BCUT2D eigenvalue weighted by molar-refractivity contribution is 0.418. The zero-order valence-corrected chi connectivity index (χ0v) is 13.6. The highest BCUT2D eigenvalue weighted by Gasteiger charge is 2.17. The van der Waals surface area contributed by atoms with Crippen molar-refractivity contribution < 1.29 is 4.39 Å². The Morgan fingerprint density at radius 1 is 1.35 bits per heavy atom. The second kappa shape index (κ2) is 7.02. The van der Waals surface area contributed by atoms with Gasteiger partial charge in [-0.05, 0) is 39.7 Å². The summed E-state index contributed by atoms with van der Waals surface area (Å²) in [6.45, 7) is 14.6. The van der Waals surface area contributed by atoms with Crippen molar-refractivity contribution in [2.24, 2.45) is 5.92 Å². The van der Waals surface area contributed by atoms with Crippen molar-refractivity contribution in [3.63, 3.8) is 0 Å². The molecule has 0 aliphatic rings. The molecule has 1 aromatic rings. The minimum atomic E-state index is -0.202. The van der Waals surface area contributed by atoms with Gasteiger partial charge in [-0.1, -0.05) is 13.8 Å². The highest BCUT2D eigenvalue weighted by Crippen LogP contribution is 2.20. The number of anilines is 1. The Balaban J connectivity index is 2.93. The van der Waals surface area contributed by atoms with E-state index < -0.39 is 0 Å². The second-order valence-electron chi connectivity index (χ2n) is 6.64. The summed E-state index contributed by atoms with van der Waals surface area (Å²) in [7, 11) is 0. The van der Waals surface area contributed by atoms with E-state index in [2.05, 4.69) is 44.9 Å². The molecule has 0 radical (unpaired) electrons. The van der Waals surface area contributed by atoms with Gasteiger partial charge < -0.3 is 10.2 Å². The molecule has 1 rings (SSSR count). The van der Waals surface area contributed by atoms with Crippen LogP contribution in [0.15, 0.2) is 12.3 Å². The number of halogens is 1. The molecular formula is C16H28FN3. The molecule has 4 heteroatoms. The smallest absolute Gasteiger partial charge is 0.170 e. The molecule has 0 bridgehead atoms. The number of rotatable bonds is 6. The fourth-order valence-corrected chi connectivity index (χ4v) is 1.99. The lowest BCUT2D eigenvalue weighted by Crippen LogP contribution is -2.35. The van der Waals surface area contributed by atoms with Crippen LogP contribution in [-0.4, -0.2) is 23.6 Å². The van der Waals surface area contributed by atoms with E-state index in [0.29, 0.717) is 23.8 Å². The molecular weight excluding hydrogens is 253 g/mol. The van der Waals surface area contributed by atoms with Gasteiger partial charge >= 0.3 is 0 Å². The first-order valence-corrected chi connectivity index (χ1v) is 7.38. The molecule has 0 saturated carbocycles. The maximum Gasteiger partial charge on any atom is 0.170 e. The summed E-state index contributed by atoms with van der Waals surface area (Å²) < 4.78 is 14.6. The van der Waals surface area contributed by atoms with Crippen molar-refractivity contribution in [2.75, 3.05) is 18.0 Å². The van der Waals surface area contributed by atoms with E-state index in [-0.39, 0.29) is 11.4 Å². The predicted molar refractivity (Wildman–Crippen MR) is 83.5 cm³/mol. The average molecular weight is 281 g/mol. The van der Waals surface area contributed by atoms with Crippen LogP contribution < -0.4 is 10.2 Å². The van der Waals surface area contributed by atoms with Crippen LogP contribution in [0.3, 0.4) is 0 Å². The fourth-order valence-electron chi connectivity index (χ4n) is 1.99. The van der Waals surface area contributed by atoms with Gasteiger partial charge in [-0.25, -0.2) is 9.37 Å². The van der Waals surface area contributed by atoms with Crippen LogP contribution in [0.5, 0.6) is 0 Å². The SMILES string of the molecule is CCN(CC(C)C)c1nccc(CNC(C)(C)C)c1F. The van der Waals surface area contributed by atoms with Crippen LogP contribution in [0.2, 0.25) is 0 Å². The monoisotopic (exact) mass is 281 g/mol. The molecule has 0 unspecified atom stereocenters. The number of hydrogen-bond acceptors (Lipinski definition) is 3. The summed E-state index contributed by atoms with van der Waals surface area (Å²) in [5.74, 6) is 0.744. The van der Waals surface area contributed by atoms with E-state index >= 15 is 0 Å². The quantitative estimate of drug-likeness (QED) is 0.863. The zero-order chi connectivity index (χ0) is 15.3. The van der Waals surface area contributed by atoms with Crippen molar-refractivity contribution >= 4 is 5.82 Å². The Bertz CT molecular complexity index is 424. The third-order valence-corrected chi connectivity index (χ3v) is 3.03. The number of hydrogen-bond donors (Lipinski definition) is 1. The zero-order valence-electron chi connectivity index (χ0n) is 13.6. The van der Waals surface area contributed by atoms with Gasteiger partial charge in [0.05, 0.1) is 0 Å². The van der Waals surface area contributed by atoms with E-state index in [1.807, 2.05) is 11.8 Å². The van der Waals surface area contributed by atoms with Gasteiger partial charge in [-0.2, -0.15) is 0 Å². The summed E-state index contributed by atoms with van der Waals surface area (Å²) in [5, 5.41) is 3.32. The molecule has 1 aromatic heterocycles. The molecule has 0 saturated heterocycles. The number of pyridine rings is 1. The normalized spacial score (nSPS) is 12.0. The lowest BCUT2D eigenvalue weighted by atomic mass is 10.1. The Morgan fingerprint density at radius 3 is 2.50 bits per heavy atom. The molecule has 0 aliphatic carbocycles. The van der Waals surface area contributed by atoms with Crippen molar-refractivity contribution in [1.82, 2.24) is 10.3 Å². The van der Waals surface area contributed by atoms with E-state index in [4.69, 9.17) is 0 Å². The fraction of sp³-hybridized carbons (Fsp3) is 0.688. The van der Waals surface area contributed by atoms with Gasteiger partial charge in [0, 0.05) is 36.9 Å². The summed E-state index contributed by atoms with van der Waals surface area (Å²) >= 11 is 0. The number of nitrogens with zero attached hydrogens (tertiary/aromatic N) is 2. The van der Waals surface area contributed by atoms with E-state index in [9.17, 15) is 4.39 Å².